The molecule has 0 heterocycles. The van der Waals surface area contributed by atoms with Gasteiger partial charge in [0.15, 0.2) is 0 Å². The molecule has 11 heavy (non-hydrogen) atoms. The van der Waals surface area contributed by atoms with E-state index >= 15 is 0 Å². The highest BCUT2D eigenvalue weighted by atomic mass is 35.5. The average Bonchev–Trinajstić information content (AvgIpc) is 2.35. The zero-order valence-electron chi connectivity index (χ0n) is 6.60. The first kappa shape index (κ1) is 7.17. The molecule has 0 spiro atoms. The minimum atomic E-state index is 0.712. The fourth-order valence-corrected chi connectivity index (χ4v) is 2.09. The van der Waals surface area contributed by atoms with E-state index in [1.54, 1.807) is 0 Å². The van der Waals surface area contributed by atoms with Crippen molar-refractivity contribution in [3.05, 3.63) is 34.3 Å². The molecule has 1 heteroatoms. The Kier molecular flexibility index (Phi) is 1.65. The van der Waals surface area contributed by atoms with Crippen LogP contribution >= 0.6 is 11.6 Å². The van der Waals surface area contributed by atoms with Gasteiger partial charge in [-0.05, 0) is 36.0 Å². The molecule has 1 aromatic carbocycles. The number of hydrogen-bond donors (Lipinski definition) is 0. The van der Waals surface area contributed by atoms with Crippen molar-refractivity contribution in [2.45, 2.75) is 25.7 Å². The summed E-state index contributed by atoms with van der Waals surface area (Å²) in [6.07, 6.45) is 2.43. The molecular weight excluding hydrogens is 156 g/mol. The summed E-state index contributed by atoms with van der Waals surface area (Å²) >= 11 is 6.03. The minimum absolute atomic E-state index is 0.712. The van der Waals surface area contributed by atoms with E-state index in [0.717, 1.165) is 11.4 Å². The first-order valence-electron chi connectivity index (χ1n) is 4.06. The molecule has 0 aromatic heterocycles. The first-order valence-corrected chi connectivity index (χ1v) is 4.44. The van der Waals surface area contributed by atoms with Crippen molar-refractivity contribution in [2.24, 2.45) is 0 Å². The zero-order chi connectivity index (χ0) is 7.84. The van der Waals surface area contributed by atoms with Crippen LogP contribution in [0.25, 0.3) is 0 Å². The number of benzene rings is 1. The van der Waals surface area contributed by atoms with E-state index in [4.69, 9.17) is 11.6 Å². The summed E-state index contributed by atoms with van der Waals surface area (Å²) in [7, 11) is 0. The van der Waals surface area contributed by atoms with Gasteiger partial charge in [-0.1, -0.05) is 30.7 Å². The summed E-state index contributed by atoms with van der Waals surface area (Å²) < 4.78 is 0. The molecule has 0 unspecified atom stereocenters. The van der Waals surface area contributed by atoms with Gasteiger partial charge in [-0.3, -0.25) is 0 Å². The summed E-state index contributed by atoms with van der Waals surface area (Å²) in [4.78, 5) is 0. The summed E-state index contributed by atoms with van der Waals surface area (Å²) in [6.45, 7) is 2.27. The number of halogens is 1. The van der Waals surface area contributed by atoms with Gasteiger partial charge in [0.05, 0.1) is 0 Å². The van der Waals surface area contributed by atoms with Crippen molar-refractivity contribution in [1.82, 2.24) is 0 Å². The maximum Gasteiger partial charge on any atom is 0.0440 e. The van der Waals surface area contributed by atoms with Crippen LogP contribution in [-0.4, -0.2) is 0 Å². The molecule has 0 bridgehead atoms. The molecule has 0 radical (unpaired) electrons. The first-order chi connectivity index (χ1) is 5.29. The molecule has 0 fully saturated rings. The van der Waals surface area contributed by atoms with Crippen molar-refractivity contribution >= 4 is 11.6 Å². The van der Waals surface area contributed by atoms with Crippen LogP contribution in [0.15, 0.2) is 18.2 Å². The SMILES string of the molecule is C[C@@H]1CCc2c(Cl)cccc21. The van der Waals surface area contributed by atoms with Gasteiger partial charge in [0.25, 0.3) is 0 Å². The molecule has 0 aliphatic heterocycles. The van der Waals surface area contributed by atoms with Crippen molar-refractivity contribution in [1.29, 1.82) is 0 Å². The highest BCUT2D eigenvalue weighted by Crippen LogP contribution is 2.36. The number of fused-ring (bicyclic) bond motifs is 1. The Labute approximate surface area is 72.2 Å². The summed E-state index contributed by atoms with van der Waals surface area (Å²) in [5, 5.41) is 0.951. The monoisotopic (exact) mass is 166 g/mol. The normalized spacial score (nSPS) is 21.8. The minimum Gasteiger partial charge on any atom is -0.0840 e. The smallest absolute Gasteiger partial charge is 0.0440 e. The van der Waals surface area contributed by atoms with Crippen LogP contribution in [0.2, 0.25) is 5.02 Å². The lowest BCUT2D eigenvalue weighted by Crippen LogP contribution is -1.85. The van der Waals surface area contributed by atoms with Gasteiger partial charge in [0, 0.05) is 5.02 Å². The molecule has 1 aliphatic rings. The molecule has 1 atom stereocenters. The fourth-order valence-electron chi connectivity index (χ4n) is 1.82. The largest absolute Gasteiger partial charge is 0.0840 e. The third kappa shape index (κ3) is 1.06. The Morgan fingerprint density at radius 2 is 2.27 bits per heavy atom. The highest BCUT2D eigenvalue weighted by Gasteiger charge is 2.19. The maximum atomic E-state index is 6.03. The standard InChI is InChI=1S/C10H11Cl/c1-7-5-6-9-8(7)3-2-4-10(9)11/h2-4,7H,5-6H2,1H3/t7-/m1/s1. The fraction of sp³-hybridized carbons (Fsp3) is 0.400. The van der Waals surface area contributed by atoms with Gasteiger partial charge < -0.3 is 0 Å². The lowest BCUT2D eigenvalue weighted by molar-refractivity contribution is 0.747. The summed E-state index contributed by atoms with van der Waals surface area (Å²) in [5.41, 5.74) is 2.83. The van der Waals surface area contributed by atoms with Crippen LogP contribution in [0.4, 0.5) is 0 Å². The second-order valence-electron chi connectivity index (χ2n) is 3.25. The van der Waals surface area contributed by atoms with Crippen LogP contribution in [-0.2, 0) is 6.42 Å². The van der Waals surface area contributed by atoms with Crippen LogP contribution in [0.3, 0.4) is 0 Å². The van der Waals surface area contributed by atoms with Gasteiger partial charge in [-0.15, -0.1) is 0 Å². The van der Waals surface area contributed by atoms with Gasteiger partial charge in [0.1, 0.15) is 0 Å². The van der Waals surface area contributed by atoms with Gasteiger partial charge in [-0.2, -0.15) is 0 Å². The lowest BCUT2D eigenvalue weighted by Gasteiger charge is -2.03. The third-order valence-electron chi connectivity index (χ3n) is 2.51. The average molecular weight is 167 g/mol. The van der Waals surface area contributed by atoms with E-state index in [1.165, 1.54) is 17.5 Å². The van der Waals surface area contributed by atoms with Crippen LogP contribution < -0.4 is 0 Å². The third-order valence-corrected chi connectivity index (χ3v) is 2.87. The van der Waals surface area contributed by atoms with Crippen molar-refractivity contribution < 1.29 is 0 Å². The van der Waals surface area contributed by atoms with Crippen LogP contribution in [0.1, 0.15) is 30.4 Å². The van der Waals surface area contributed by atoms with Crippen LogP contribution in [0.5, 0.6) is 0 Å². The Balaban J connectivity index is 2.57. The van der Waals surface area contributed by atoms with Gasteiger partial charge in [-0.25, -0.2) is 0 Å². The van der Waals surface area contributed by atoms with E-state index in [0.29, 0.717) is 5.92 Å². The predicted octanol–water partition coefficient (Wildman–Crippen LogP) is 3.39. The molecule has 0 saturated heterocycles. The van der Waals surface area contributed by atoms with Crippen molar-refractivity contribution in [3.63, 3.8) is 0 Å². The second-order valence-corrected chi connectivity index (χ2v) is 3.65. The molecule has 1 aromatic rings. The van der Waals surface area contributed by atoms with Gasteiger partial charge in [0.2, 0.25) is 0 Å². The van der Waals surface area contributed by atoms with Gasteiger partial charge >= 0.3 is 0 Å². The summed E-state index contributed by atoms with van der Waals surface area (Å²) in [5.74, 6) is 0.712. The number of rotatable bonds is 0. The topological polar surface area (TPSA) is 0 Å². The van der Waals surface area contributed by atoms with E-state index < -0.39 is 0 Å². The Morgan fingerprint density at radius 1 is 1.45 bits per heavy atom. The van der Waals surface area contributed by atoms with Crippen LogP contribution in [0, 0.1) is 0 Å². The molecule has 1 aliphatic carbocycles. The van der Waals surface area contributed by atoms with Crippen molar-refractivity contribution in [2.75, 3.05) is 0 Å². The van der Waals surface area contributed by atoms with E-state index in [-0.39, 0.29) is 0 Å². The zero-order valence-corrected chi connectivity index (χ0v) is 7.36. The molecule has 0 saturated carbocycles. The molecule has 0 N–H and O–H groups in total. The summed E-state index contributed by atoms with van der Waals surface area (Å²) in [6, 6.07) is 6.22. The predicted molar refractivity (Wildman–Crippen MR) is 48.2 cm³/mol. The Bertz CT molecular complexity index is 278. The van der Waals surface area contributed by atoms with E-state index in [2.05, 4.69) is 13.0 Å². The maximum absolute atomic E-state index is 6.03. The van der Waals surface area contributed by atoms with E-state index in [1.807, 2.05) is 12.1 Å². The Morgan fingerprint density at radius 3 is 3.00 bits per heavy atom. The molecule has 2 rings (SSSR count). The lowest BCUT2D eigenvalue weighted by atomic mass is 10.0. The van der Waals surface area contributed by atoms with Crippen molar-refractivity contribution in [3.8, 4) is 0 Å². The highest BCUT2D eigenvalue weighted by molar-refractivity contribution is 6.31. The molecular formula is C10H11Cl. The second kappa shape index (κ2) is 2.53. The quantitative estimate of drug-likeness (QED) is 0.554. The number of hydrogen-bond acceptors (Lipinski definition) is 0. The Hall–Kier alpha value is -0.490. The molecule has 58 valence electrons. The van der Waals surface area contributed by atoms with E-state index in [9.17, 15) is 0 Å². The molecule has 0 amide bonds. The molecule has 0 nitrogen and oxygen atoms in total.